The summed E-state index contributed by atoms with van der Waals surface area (Å²) in [5, 5.41) is 4.61. The van der Waals surface area contributed by atoms with E-state index in [1.165, 1.54) is 49.5 Å². The van der Waals surface area contributed by atoms with Gasteiger partial charge in [0, 0.05) is 38.2 Å². The van der Waals surface area contributed by atoms with E-state index in [0.717, 1.165) is 60.6 Å². The van der Waals surface area contributed by atoms with Crippen LogP contribution in [0.1, 0.15) is 5.56 Å². The molecule has 0 aliphatic rings. The lowest BCUT2D eigenvalue weighted by Gasteiger charge is -2.24. The SMILES string of the molecule is Bc1c(B)c(C)c(B)c(-c2ccc(-c3ccccc3)cc2-n2c3ccccc3c3ccc4c5ccccc5n(-c5nc(-c6ccccc6)nc(-c6ccccc6)n5)c4c32)c1B. The van der Waals surface area contributed by atoms with Gasteiger partial charge in [0.15, 0.2) is 11.6 Å². The van der Waals surface area contributed by atoms with Gasteiger partial charge in [0.2, 0.25) is 5.95 Å². The second-order valence-corrected chi connectivity index (χ2v) is 16.2. The topological polar surface area (TPSA) is 48.5 Å². The van der Waals surface area contributed by atoms with Crippen LogP contribution in [-0.2, 0) is 0 Å². The van der Waals surface area contributed by atoms with Crippen molar-refractivity contribution in [3.8, 4) is 56.7 Å². The number of fused-ring (bicyclic) bond motifs is 7. The summed E-state index contributed by atoms with van der Waals surface area (Å²) in [6.07, 6.45) is 0. The molecule has 0 saturated heterocycles. The minimum Gasteiger partial charge on any atom is -0.307 e. The molecule has 0 amide bonds. The molecule has 0 radical (unpaired) electrons. The summed E-state index contributed by atoms with van der Waals surface area (Å²) in [6.45, 7) is 2.27. The molecular formula is C52H39B4N5. The van der Waals surface area contributed by atoms with E-state index < -0.39 is 0 Å². The number of benzene rings is 8. The van der Waals surface area contributed by atoms with Gasteiger partial charge < -0.3 is 4.57 Å². The molecule has 0 saturated carbocycles. The summed E-state index contributed by atoms with van der Waals surface area (Å²) >= 11 is 0. The van der Waals surface area contributed by atoms with E-state index >= 15 is 0 Å². The molecule has 0 bridgehead atoms. The quantitative estimate of drug-likeness (QED) is 0.193. The Bertz CT molecular complexity index is 3440. The van der Waals surface area contributed by atoms with E-state index in [0.29, 0.717) is 17.6 Å². The Labute approximate surface area is 358 Å². The number of aromatic nitrogens is 5. The van der Waals surface area contributed by atoms with Gasteiger partial charge in [-0.05, 0) is 41.8 Å². The van der Waals surface area contributed by atoms with Crippen LogP contribution in [-0.4, -0.2) is 55.5 Å². The minimum atomic E-state index is 0.568. The summed E-state index contributed by atoms with van der Waals surface area (Å²) in [5.41, 5.74) is 18.7. The van der Waals surface area contributed by atoms with Gasteiger partial charge in [0.1, 0.15) is 31.4 Å². The number of hydrogen-bond acceptors (Lipinski definition) is 3. The molecule has 11 aromatic rings. The zero-order valence-corrected chi connectivity index (χ0v) is 34.9. The molecule has 0 atom stereocenters. The first-order chi connectivity index (χ1) is 29.9. The normalized spacial score (nSPS) is 11.6. The maximum absolute atomic E-state index is 5.34. The number of para-hydroxylation sites is 2. The first-order valence-electron chi connectivity index (χ1n) is 21.0. The molecule has 5 nitrogen and oxygen atoms in total. The Morgan fingerprint density at radius 1 is 0.393 bits per heavy atom. The van der Waals surface area contributed by atoms with E-state index in [-0.39, 0.29) is 0 Å². The molecule has 0 fully saturated rings. The van der Waals surface area contributed by atoms with Crippen LogP contribution in [0, 0.1) is 6.92 Å². The molecule has 0 N–H and O–H groups in total. The predicted molar refractivity (Wildman–Crippen MR) is 268 cm³/mol. The molecule has 3 aromatic heterocycles. The summed E-state index contributed by atoms with van der Waals surface area (Å²) in [7, 11) is 9.10. The third kappa shape index (κ3) is 5.79. The van der Waals surface area contributed by atoms with Crippen molar-refractivity contribution in [1.29, 1.82) is 0 Å². The Hall–Kier alpha value is -7.37. The summed E-state index contributed by atoms with van der Waals surface area (Å²) < 4.78 is 4.80. The summed E-state index contributed by atoms with van der Waals surface area (Å²) in [6, 6.07) is 60.3. The Morgan fingerprint density at radius 2 is 0.885 bits per heavy atom. The van der Waals surface area contributed by atoms with Crippen LogP contribution in [0.3, 0.4) is 0 Å². The second kappa shape index (κ2) is 14.4. The fourth-order valence-corrected chi connectivity index (χ4v) is 9.50. The van der Waals surface area contributed by atoms with E-state index in [1.54, 1.807) is 0 Å². The zero-order chi connectivity index (χ0) is 41.4. The minimum absolute atomic E-state index is 0.568. The maximum Gasteiger partial charge on any atom is 0.238 e. The molecule has 0 aliphatic carbocycles. The molecule has 9 heteroatoms. The van der Waals surface area contributed by atoms with Gasteiger partial charge in [-0.1, -0.05) is 174 Å². The molecule has 0 aliphatic heterocycles. The molecule has 0 unspecified atom stereocenters. The highest BCUT2D eigenvalue weighted by atomic mass is 15.2. The lowest BCUT2D eigenvalue weighted by atomic mass is 9.63. The van der Waals surface area contributed by atoms with Crippen molar-refractivity contribution in [3.63, 3.8) is 0 Å². The van der Waals surface area contributed by atoms with Crippen LogP contribution >= 0.6 is 0 Å². The molecule has 8 aromatic carbocycles. The first-order valence-corrected chi connectivity index (χ1v) is 21.0. The van der Waals surface area contributed by atoms with Crippen molar-refractivity contribution in [3.05, 3.63) is 175 Å². The molecule has 284 valence electrons. The first kappa shape index (κ1) is 36.7. The van der Waals surface area contributed by atoms with Crippen LogP contribution in [0.25, 0.3) is 100 Å². The van der Waals surface area contributed by atoms with Crippen molar-refractivity contribution in [2.24, 2.45) is 0 Å². The predicted octanol–water partition coefficient (Wildman–Crippen LogP) is 6.08. The van der Waals surface area contributed by atoms with Crippen molar-refractivity contribution in [2.45, 2.75) is 6.92 Å². The lowest BCUT2D eigenvalue weighted by Crippen LogP contribution is -2.46. The van der Waals surface area contributed by atoms with Gasteiger partial charge in [-0.2, -0.15) is 9.97 Å². The summed E-state index contributed by atoms with van der Waals surface area (Å²) in [4.78, 5) is 15.8. The fourth-order valence-electron chi connectivity index (χ4n) is 9.50. The molecular weight excluding hydrogens is 738 g/mol. The monoisotopic (exact) mass is 777 g/mol. The summed E-state index contributed by atoms with van der Waals surface area (Å²) in [5.74, 6) is 1.81. The number of rotatable bonds is 6. The fraction of sp³-hybridized carbons (Fsp3) is 0.0192. The van der Waals surface area contributed by atoms with Gasteiger partial charge in [0.05, 0.1) is 27.8 Å². The highest BCUT2D eigenvalue weighted by molar-refractivity contribution is 6.61. The molecule has 11 rings (SSSR count). The molecule has 61 heavy (non-hydrogen) atoms. The Morgan fingerprint density at radius 3 is 1.46 bits per heavy atom. The average molecular weight is 777 g/mol. The average Bonchev–Trinajstić information content (AvgIpc) is 3.84. The van der Waals surface area contributed by atoms with Crippen LogP contribution in [0.2, 0.25) is 0 Å². The van der Waals surface area contributed by atoms with Crippen molar-refractivity contribution in [1.82, 2.24) is 24.1 Å². The van der Waals surface area contributed by atoms with Crippen molar-refractivity contribution < 1.29 is 0 Å². The van der Waals surface area contributed by atoms with E-state index in [4.69, 9.17) is 15.0 Å². The molecule has 3 heterocycles. The van der Waals surface area contributed by atoms with Crippen molar-refractivity contribution >= 4 is 96.8 Å². The van der Waals surface area contributed by atoms with Gasteiger partial charge >= 0.3 is 0 Å². The largest absolute Gasteiger partial charge is 0.307 e. The highest BCUT2D eigenvalue weighted by Crippen LogP contribution is 2.43. The second-order valence-electron chi connectivity index (χ2n) is 16.2. The Balaban J connectivity index is 1.33. The van der Waals surface area contributed by atoms with Gasteiger partial charge in [0.25, 0.3) is 0 Å². The zero-order valence-electron chi connectivity index (χ0n) is 34.9. The van der Waals surface area contributed by atoms with Gasteiger partial charge in [-0.25, -0.2) is 4.98 Å². The highest BCUT2D eigenvalue weighted by Gasteiger charge is 2.26. The van der Waals surface area contributed by atoms with Crippen LogP contribution in [0.5, 0.6) is 0 Å². The van der Waals surface area contributed by atoms with Gasteiger partial charge in [-0.3, -0.25) is 4.57 Å². The third-order valence-corrected chi connectivity index (χ3v) is 13.0. The van der Waals surface area contributed by atoms with E-state index in [2.05, 4.69) is 181 Å². The van der Waals surface area contributed by atoms with E-state index in [9.17, 15) is 0 Å². The van der Waals surface area contributed by atoms with Crippen molar-refractivity contribution in [2.75, 3.05) is 0 Å². The third-order valence-electron chi connectivity index (χ3n) is 13.0. The van der Waals surface area contributed by atoms with E-state index in [1.807, 2.05) is 36.4 Å². The Kier molecular flexibility index (Phi) is 8.67. The smallest absolute Gasteiger partial charge is 0.238 e. The maximum atomic E-state index is 5.34. The lowest BCUT2D eigenvalue weighted by molar-refractivity contribution is 0.953. The molecule has 0 spiro atoms. The van der Waals surface area contributed by atoms with Crippen LogP contribution in [0.15, 0.2) is 170 Å². The number of hydrogen-bond donors (Lipinski definition) is 0. The number of nitrogens with zero attached hydrogens (tertiary/aromatic N) is 5. The standard InChI is InChI=1S/C52H39B4N5/c1-30-44(53)43(46(55)47(56)45(30)54)39-26-25-34(31-15-5-2-6-16-31)29-42(39)60-40-23-13-11-21-35(40)37-27-28-38-36-22-12-14-24-41(36)61(49(38)48(37)60)52-58-50(32-17-7-3-8-18-32)57-51(59-52)33-19-9-4-10-20-33/h2-29H,53-56H2,1H3. The van der Waals surface area contributed by atoms with Crippen LogP contribution in [0.4, 0.5) is 0 Å². The van der Waals surface area contributed by atoms with Gasteiger partial charge in [-0.15, -0.1) is 5.46 Å². The van der Waals surface area contributed by atoms with Crippen LogP contribution < -0.4 is 21.9 Å².